The largest absolute Gasteiger partial charge is 0.496 e. The van der Waals surface area contributed by atoms with Crippen LogP contribution in [-0.4, -0.2) is 49.7 Å². The number of methoxy groups -OCH3 is 1. The number of hydrogen-bond donors (Lipinski definition) is 1. The fourth-order valence-corrected chi connectivity index (χ4v) is 3.89. The number of para-hydroxylation sites is 1. The molecule has 25 heavy (non-hydrogen) atoms. The Kier molecular flexibility index (Phi) is 6.32. The summed E-state index contributed by atoms with van der Waals surface area (Å²) in [5.74, 6) is 1.41. The summed E-state index contributed by atoms with van der Waals surface area (Å²) in [5, 5.41) is 3.42. The van der Waals surface area contributed by atoms with E-state index in [1.165, 1.54) is 0 Å². The van der Waals surface area contributed by atoms with Gasteiger partial charge < -0.3 is 19.7 Å². The number of likely N-dealkylation sites (tertiary alicyclic amines) is 1. The van der Waals surface area contributed by atoms with E-state index in [9.17, 15) is 4.79 Å². The Balaban J connectivity index is 1.44. The van der Waals surface area contributed by atoms with Crippen LogP contribution in [0.1, 0.15) is 38.2 Å². The van der Waals surface area contributed by atoms with E-state index < -0.39 is 0 Å². The molecule has 2 fully saturated rings. The number of hydrogen-bond acceptors (Lipinski definition) is 4. The number of carbonyl (C=O) groups excluding carboxylic acids is 1. The van der Waals surface area contributed by atoms with Crippen molar-refractivity contribution in [1.82, 2.24) is 10.2 Å². The van der Waals surface area contributed by atoms with Crippen LogP contribution in [0.2, 0.25) is 0 Å². The van der Waals surface area contributed by atoms with Gasteiger partial charge >= 0.3 is 0 Å². The van der Waals surface area contributed by atoms with Crippen molar-refractivity contribution in [3.8, 4) is 5.75 Å². The van der Waals surface area contributed by atoms with Gasteiger partial charge in [-0.05, 0) is 45.2 Å². The van der Waals surface area contributed by atoms with Crippen LogP contribution in [-0.2, 0) is 16.1 Å². The zero-order chi connectivity index (χ0) is 17.6. The second kappa shape index (κ2) is 8.68. The predicted molar refractivity (Wildman–Crippen MR) is 97.6 cm³/mol. The maximum absolute atomic E-state index is 12.7. The van der Waals surface area contributed by atoms with Crippen LogP contribution < -0.4 is 10.1 Å². The van der Waals surface area contributed by atoms with Crippen LogP contribution in [0, 0.1) is 5.92 Å². The van der Waals surface area contributed by atoms with Crippen LogP contribution in [0.5, 0.6) is 5.75 Å². The lowest BCUT2D eigenvalue weighted by atomic mass is 9.91. The highest BCUT2D eigenvalue weighted by molar-refractivity contribution is 5.79. The molecule has 1 aromatic carbocycles. The van der Waals surface area contributed by atoms with Gasteiger partial charge in [-0.3, -0.25) is 4.79 Å². The maximum atomic E-state index is 12.7. The lowest BCUT2D eigenvalue weighted by Gasteiger charge is -2.36. The number of nitrogens with zero attached hydrogens (tertiary/aromatic N) is 1. The highest BCUT2D eigenvalue weighted by Crippen LogP contribution is 2.24. The summed E-state index contributed by atoms with van der Waals surface area (Å²) in [6.07, 6.45) is 3.99. The minimum Gasteiger partial charge on any atom is -0.496 e. The first-order chi connectivity index (χ1) is 12.2. The molecule has 2 saturated heterocycles. The number of benzene rings is 1. The molecular formula is C20H30N2O3. The number of carbonyl (C=O) groups is 1. The number of nitrogens with one attached hydrogen (secondary N) is 1. The van der Waals surface area contributed by atoms with Gasteiger partial charge in [0.2, 0.25) is 5.91 Å². The van der Waals surface area contributed by atoms with Gasteiger partial charge in [-0.15, -0.1) is 0 Å². The third-order valence-electron chi connectivity index (χ3n) is 5.39. The van der Waals surface area contributed by atoms with Crippen molar-refractivity contribution in [2.75, 3.05) is 26.7 Å². The molecule has 0 bridgehead atoms. The van der Waals surface area contributed by atoms with Crippen LogP contribution in [0.25, 0.3) is 0 Å². The Labute approximate surface area is 150 Å². The Hall–Kier alpha value is -1.59. The van der Waals surface area contributed by atoms with E-state index in [4.69, 9.17) is 9.47 Å². The average Bonchev–Trinajstić information content (AvgIpc) is 2.66. The summed E-state index contributed by atoms with van der Waals surface area (Å²) in [7, 11) is 1.69. The molecule has 138 valence electrons. The molecular weight excluding hydrogens is 316 g/mol. The molecule has 0 aliphatic carbocycles. The van der Waals surface area contributed by atoms with Crippen molar-refractivity contribution in [3.05, 3.63) is 29.8 Å². The van der Waals surface area contributed by atoms with Crippen molar-refractivity contribution in [3.63, 3.8) is 0 Å². The van der Waals surface area contributed by atoms with E-state index in [0.29, 0.717) is 18.6 Å². The van der Waals surface area contributed by atoms with Crippen molar-refractivity contribution in [1.29, 1.82) is 0 Å². The van der Waals surface area contributed by atoms with Gasteiger partial charge in [0, 0.05) is 30.6 Å². The first-order valence-corrected chi connectivity index (χ1v) is 9.43. The van der Waals surface area contributed by atoms with E-state index >= 15 is 0 Å². The SMILES string of the molecule is COc1ccccc1COC1CCN(C(=O)[C@H]2CCN[C@@H](C)C2)CC1. The molecule has 2 aliphatic heterocycles. The monoisotopic (exact) mass is 346 g/mol. The lowest BCUT2D eigenvalue weighted by Crippen LogP contribution is -2.47. The lowest BCUT2D eigenvalue weighted by molar-refractivity contribution is -0.139. The van der Waals surface area contributed by atoms with E-state index in [0.717, 1.165) is 56.6 Å². The Morgan fingerprint density at radius 2 is 2.00 bits per heavy atom. The van der Waals surface area contributed by atoms with Crippen LogP contribution in [0.4, 0.5) is 0 Å². The third kappa shape index (κ3) is 4.73. The molecule has 1 aromatic rings. The molecule has 0 radical (unpaired) electrons. The highest BCUT2D eigenvalue weighted by atomic mass is 16.5. The number of rotatable bonds is 5. The van der Waals surface area contributed by atoms with Gasteiger partial charge in [-0.2, -0.15) is 0 Å². The zero-order valence-corrected chi connectivity index (χ0v) is 15.4. The fraction of sp³-hybridized carbons (Fsp3) is 0.650. The standard InChI is InChI=1S/C20H30N2O3/c1-15-13-16(7-10-21-15)20(23)22-11-8-18(9-12-22)25-14-17-5-3-4-6-19(17)24-2/h3-6,15-16,18,21H,7-14H2,1-2H3/t15-,16-/m0/s1. The van der Waals surface area contributed by atoms with Crippen molar-refractivity contribution < 1.29 is 14.3 Å². The number of piperidine rings is 2. The second-order valence-corrected chi connectivity index (χ2v) is 7.22. The van der Waals surface area contributed by atoms with E-state index in [2.05, 4.69) is 12.2 Å². The quantitative estimate of drug-likeness (QED) is 0.890. The first kappa shape index (κ1) is 18.2. The minimum atomic E-state index is 0.197. The molecule has 1 N–H and O–H groups in total. The van der Waals surface area contributed by atoms with Crippen LogP contribution >= 0.6 is 0 Å². The number of amides is 1. The Morgan fingerprint density at radius 1 is 1.24 bits per heavy atom. The van der Waals surface area contributed by atoms with Gasteiger partial charge in [0.05, 0.1) is 19.8 Å². The zero-order valence-electron chi connectivity index (χ0n) is 15.4. The molecule has 0 aromatic heterocycles. The molecule has 2 aliphatic rings. The molecule has 5 heteroatoms. The Bertz CT molecular complexity index is 570. The molecule has 2 heterocycles. The molecule has 2 atom stereocenters. The van der Waals surface area contributed by atoms with Gasteiger partial charge in [0.1, 0.15) is 5.75 Å². The summed E-state index contributed by atoms with van der Waals surface area (Å²) >= 11 is 0. The van der Waals surface area contributed by atoms with Gasteiger partial charge in [0.25, 0.3) is 0 Å². The molecule has 0 unspecified atom stereocenters. The van der Waals surface area contributed by atoms with Gasteiger partial charge in [-0.25, -0.2) is 0 Å². The van der Waals surface area contributed by atoms with Crippen LogP contribution in [0.3, 0.4) is 0 Å². The Morgan fingerprint density at radius 3 is 2.72 bits per heavy atom. The van der Waals surface area contributed by atoms with Crippen molar-refractivity contribution >= 4 is 5.91 Å². The first-order valence-electron chi connectivity index (χ1n) is 9.43. The van der Waals surface area contributed by atoms with E-state index in [-0.39, 0.29) is 12.0 Å². The normalized spacial score (nSPS) is 25.0. The average molecular weight is 346 g/mol. The summed E-state index contributed by atoms with van der Waals surface area (Å²) < 4.78 is 11.4. The van der Waals surface area contributed by atoms with Crippen LogP contribution in [0.15, 0.2) is 24.3 Å². The highest BCUT2D eigenvalue weighted by Gasteiger charge is 2.31. The third-order valence-corrected chi connectivity index (χ3v) is 5.39. The molecule has 5 nitrogen and oxygen atoms in total. The smallest absolute Gasteiger partial charge is 0.225 e. The summed E-state index contributed by atoms with van der Waals surface area (Å²) in [5.41, 5.74) is 1.08. The summed E-state index contributed by atoms with van der Waals surface area (Å²) in [4.78, 5) is 14.8. The van der Waals surface area contributed by atoms with Gasteiger partial charge in [0.15, 0.2) is 0 Å². The maximum Gasteiger partial charge on any atom is 0.225 e. The molecule has 0 spiro atoms. The summed E-state index contributed by atoms with van der Waals surface area (Å²) in [6.45, 7) is 5.31. The molecule has 0 saturated carbocycles. The minimum absolute atomic E-state index is 0.197. The van der Waals surface area contributed by atoms with E-state index in [1.807, 2.05) is 29.2 Å². The van der Waals surface area contributed by atoms with Crippen molar-refractivity contribution in [2.45, 2.75) is 51.4 Å². The molecule has 3 rings (SSSR count). The van der Waals surface area contributed by atoms with Gasteiger partial charge in [-0.1, -0.05) is 18.2 Å². The summed E-state index contributed by atoms with van der Waals surface area (Å²) in [6, 6.07) is 8.41. The number of ether oxygens (including phenoxy) is 2. The fourth-order valence-electron chi connectivity index (χ4n) is 3.89. The topological polar surface area (TPSA) is 50.8 Å². The van der Waals surface area contributed by atoms with Crippen molar-refractivity contribution in [2.24, 2.45) is 5.92 Å². The molecule has 1 amide bonds. The van der Waals surface area contributed by atoms with E-state index in [1.54, 1.807) is 7.11 Å². The second-order valence-electron chi connectivity index (χ2n) is 7.22. The predicted octanol–water partition coefficient (Wildman–Crippen LogP) is 2.59.